The Bertz CT molecular complexity index is 548. The molecule has 0 radical (unpaired) electrons. The molecule has 1 aromatic heterocycles. The Morgan fingerprint density at radius 2 is 2.00 bits per heavy atom. The summed E-state index contributed by atoms with van der Waals surface area (Å²) in [7, 11) is 1.62. The molecule has 0 fully saturated rings. The van der Waals surface area contributed by atoms with Crippen LogP contribution in [0.5, 0.6) is 0 Å². The van der Waals surface area contributed by atoms with Crippen LogP contribution in [0, 0.1) is 5.92 Å². The third-order valence-electron chi connectivity index (χ3n) is 2.93. The van der Waals surface area contributed by atoms with Crippen LogP contribution in [0.25, 0.3) is 0 Å². The number of aromatic nitrogens is 2. The van der Waals surface area contributed by atoms with Gasteiger partial charge in [-0.25, -0.2) is 4.79 Å². The SMILES string of the molecule is COCCC(C)Nc1c(N)n(CC(C)C)c(=O)[nH]c1=O. The van der Waals surface area contributed by atoms with Crippen molar-refractivity contribution in [2.75, 3.05) is 24.8 Å². The number of methoxy groups -OCH3 is 1. The Balaban J connectivity index is 3.07. The van der Waals surface area contributed by atoms with E-state index in [1.807, 2.05) is 20.8 Å². The fourth-order valence-electron chi connectivity index (χ4n) is 1.89. The summed E-state index contributed by atoms with van der Waals surface area (Å²) in [5.74, 6) is 0.427. The quantitative estimate of drug-likeness (QED) is 0.681. The molecule has 0 aliphatic heterocycles. The van der Waals surface area contributed by atoms with Crippen molar-refractivity contribution in [2.45, 2.75) is 39.8 Å². The maximum atomic E-state index is 11.9. The largest absolute Gasteiger partial charge is 0.385 e. The first kappa shape index (κ1) is 16.3. The second-order valence-electron chi connectivity index (χ2n) is 5.35. The van der Waals surface area contributed by atoms with Crippen molar-refractivity contribution >= 4 is 11.5 Å². The number of aromatic amines is 1. The van der Waals surface area contributed by atoms with Crippen molar-refractivity contribution in [3.8, 4) is 0 Å². The first-order chi connectivity index (χ1) is 9.36. The smallest absolute Gasteiger partial charge is 0.330 e. The molecule has 0 spiro atoms. The minimum Gasteiger partial charge on any atom is -0.385 e. The summed E-state index contributed by atoms with van der Waals surface area (Å²) >= 11 is 0. The maximum Gasteiger partial charge on any atom is 0.330 e. The number of ether oxygens (including phenoxy) is 1. The molecule has 0 bridgehead atoms. The van der Waals surface area contributed by atoms with E-state index in [4.69, 9.17) is 10.5 Å². The Labute approximate surface area is 118 Å². The monoisotopic (exact) mass is 284 g/mol. The van der Waals surface area contributed by atoms with Crippen LogP contribution in [0.2, 0.25) is 0 Å². The van der Waals surface area contributed by atoms with E-state index < -0.39 is 11.2 Å². The first-order valence-electron chi connectivity index (χ1n) is 6.74. The van der Waals surface area contributed by atoms with Gasteiger partial charge in [-0.1, -0.05) is 13.8 Å². The van der Waals surface area contributed by atoms with Crippen molar-refractivity contribution in [3.63, 3.8) is 0 Å². The molecule has 0 aromatic carbocycles. The van der Waals surface area contributed by atoms with Gasteiger partial charge in [0.05, 0.1) is 0 Å². The van der Waals surface area contributed by atoms with Crippen LogP contribution in [0.1, 0.15) is 27.2 Å². The topological polar surface area (TPSA) is 102 Å². The van der Waals surface area contributed by atoms with Gasteiger partial charge < -0.3 is 15.8 Å². The van der Waals surface area contributed by atoms with Gasteiger partial charge in [0, 0.05) is 26.3 Å². The van der Waals surface area contributed by atoms with Crippen molar-refractivity contribution in [3.05, 3.63) is 20.8 Å². The Kier molecular flexibility index (Phi) is 5.82. The lowest BCUT2D eigenvalue weighted by atomic mass is 10.2. The number of nitrogens with zero attached hydrogens (tertiary/aromatic N) is 1. The molecule has 0 saturated heterocycles. The zero-order valence-electron chi connectivity index (χ0n) is 12.5. The van der Waals surface area contributed by atoms with Crippen LogP contribution >= 0.6 is 0 Å². The molecule has 0 amide bonds. The maximum absolute atomic E-state index is 11.9. The number of rotatable bonds is 7. The van der Waals surface area contributed by atoms with E-state index in [1.165, 1.54) is 4.57 Å². The molecular weight excluding hydrogens is 260 g/mol. The average Bonchev–Trinajstić information content (AvgIpc) is 2.37. The molecule has 7 nitrogen and oxygen atoms in total. The molecule has 1 heterocycles. The van der Waals surface area contributed by atoms with Gasteiger partial charge in [0.15, 0.2) is 0 Å². The van der Waals surface area contributed by atoms with Gasteiger partial charge in [-0.15, -0.1) is 0 Å². The van der Waals surface area contributed by atoms with Gasteiger partial charge in [-0.05, 0) is 19.3 Å². The number of H-pyrrole nitrogens is 1. The molecule has 114 valence electrons. The Morgan fingerprint density at radius 3 is 2.55 bits per heavy atom. The van der Waals surface area contributed by atoms with E-state index >= 15 is 0 Å². The minimum absolute atomic E-state index is 0.0170. The van der Waals surface area contributed by atoms with Crippen LogP contribution in [0.3, 0.4) is 0 Å². The predicted molar refractivity (Wildman–Crippen MR) is 80.2 cm³/mol. The van der Waals surface area contributed by atoms with Crippen LogP contribution < -0.4 is 22.3 Å². The van der Waals surface area contributed by atoms with Crippen molar-refractivity contribution in [1.29, 1.82) is 0 Å². The molecule has 0 aliphatic rings. The van der Waals surface area contributed by atoms with Gasteiger partial charge in [0.25, 0.3) is 5.56 Å². The summed E-state index contributed by atoms with van der Waals surface area (Å²) in [6, 6.07) is 0.0170. The van der Waals surface area contributed by atoms with Crippen LogP contribution in [0.15, 0.2) is 9.59 Å². The van der Waals surface area contributed by atoms with Gasteiger partial charge in [0.1, 0.15) is 11.5 Å². The molecule has 1 unspecified atom stereocenters. The Hall–Kier alpha value is -1.76. The van der Waals surface area contributed by atoms with E-state index in [9.17, 15) is 9.59 Å². The number of nitrogen functional groups attached to an aromatic ring is 1. The van der Waals surface area contributed by atoms with Crippen LogP contribution in [-0.2, 0) is 11.3 Å². The summed E-state index contributed by atoms with van der Waals surface area (Å²) in [4.78, 5) is 25.9. The fraction of sp³-hybridized carbons (Fsp3) is 0.692. The predicted octanol–water partition coefficient (Wildman–Crippen LogP) is 0.612. The van der Waals surface area contributed by atoms with Gasteiger partial charge in [-0.2, -0.15) is 0 Å². The summed E-state index contributed by atoms with van der Waals surface area (Å²) in [6.45, 7) is 6.92. The lowest BCUT2D eigenvalue weighted by Gasteiger charge is -2.18. The van der Waals surface area contributed by atoms with Gasteiger partial charge in [0.2, 0.25) is 0 Å². The van der Waals surface area contributed by atoms with Gasteiger partial charge in [-0.3, -0.25) is 14.3 Å². The van der Waals surface area contributed by atoms with E-state index in [1.54, 1.807) is 7.11 Å². The summed E-state index contributed by atoms with van der Waals surface area (Å²) in [5, 5.41) is 3.05. The van der Waals surface area contributed by atoms with Crippen LogP contribution in [0.4, 0.5) is 11.5 Å². The molecule has 1 atom stereocenters. The average molecular weight is 284 g/mol. The highest BCUT2D eigenvalue weighted by atomic mass is 16.5. The highest BCUT2D eigenvalue weighted by molar-refractivity contribution is 5.60. The minimum atomic E-state index is -0.489. The Morgan fingerprint density at radius 1 is 1.35 bits per heavy atom. The molecule has 7 heteroatoms. The second-order valence-corrected chi connectivity index (χ2v) is 5.35. The number of nitrogens with one attached hydrogen (secondary N) is 2. The molecule has 1 rings (SSSR count). The van der Waals surface area contributed by atoms with Crippen molar-refractivity contribution in [2.24, 2.45) is 5.92 Å². The molecule has 1 aromatic rings. The zero-order valence-corrected chi connectivity index (χ0v) is 12.5. The van der Waals surface area contributed by atoms with Crippen molar-refractivity contribution < 1.29 is 4.74 Å². The number of hydrogen-bond acceptors (Lipinski definition) is 5. The van der Waals surface area contributed by atoms with E-state index in [0.717, 1.165) is 6.42 Å². The van der Waals surface area contributed by atoms with E-state index in [-0.39, 0.29) is 23.5 Å². The molecule has 0 aliphatic carbocycles. The molecule has 20 heavy (non-hydrogen) atoms. The number of hydrogen-bond donors (Lipinski definition) is 3. The van der Waals surface area contributed by atoms with E-state index in [0.29, 0.717) is 13.2 Å². The lowest BCUT2D eigenvalue weighted by Crippen LogP contribution is -2.36. The second kappa shape index (κ2) is 7.14. The molecule has 0 saturated carbocycles. The fourth-order valence-corrected chi connectivity index (χ4v) is 1.89. The lowest BCUT2D eigenvalue weighted by molar-refractivity contribution is 0.191. The summed E-state index contributed by atoms with van der Waals surface area (Å²) < 4.78 is 6.38. The molecule has 4 N–H and O–H groups in total. The first-order valence-corrected chi connectivity index (χ1v) is 6.74. The van der Waals surface area contributed by atoms with Gasteiger partial charge >= 0.3 is 5.69 Å². The van der Waals surface area contributed by atoms with E-state index in [2.05, 4.69) is 10.3 Å². The standard InChI is InChI=1S/C13H24N4O3/c1-8(2)7-17-11(14)10(12(18)16-13(17)19)15-9(3)5-6-20-4/h8-9,15H,5-7,14H2,1-4H3,(H,16,18,19). The zero-order chi connectivity index (χ0) is 15.3. The third-order valence-corrected chi connectivity index (χ3v) is 2.93. The summed E-state index contributed by atoms with van der Waals surface area (Å²) in [5.41, 5.74) is 5.24. The highest BCUT2D eigenvalue weighted by Crippen LogP contribution is 2.13. The van der Waals surface area contributed by atoms with Crippen LogP contribution in [-0.4, -0.2) is 29.3 Å². The normalized spacial score (nSPS) is 12.7. The molecular formula is C13H24N4O3. The summed E-state index contributed by atoms with van der Waals surface area (Å²) in [6.07, 6.45) is 0.735. The van der Waals surface area contributed by atoms with Crippen molar-refractivity contribution in [1.82, 2.24) is 9.55 Å². The highest BCUT2D eigenvalue weighted by Gasteiger charge is 2.14. The number of anilines is 2. The third kappa shape index (κ3) is 4.12. The number of nitrogens with two attached hydrogens (primary N) is 1.